The standard InChI is InChI=1S/C9H11BrN2O2/c1-5-3-2-4-6-7(10)11-8(9(13)14)12(5)6/h5H,2-4H2,1H3,(H,13,14). The van der Waals surface area contributed by atoms with Crippen LogP contribution in [0.2, 0.25) is 0 Å². The number of rotatable bonds is 1. The Labute approximate surface area is 90.1 Å². The summed E-state index contributed by atoms with van der Waals surface area (Å²) in [5.74, 6) is -0.801. The fourth-order valence-corrected chi connectivity index (χ4v) is 2.54. The third kappa shape index (κ3) is 1.35. The van der Waals surface area contributed by atoms with E-state index in [4.69, 9.17) is 5.11 Å². The number of carboxylic acid groups (broad SMARTS) is 1. The molecule has 5 heteroatoms. The highest BCUT2D eigenvalue weighted by Crippen LogP contribution is 2.30. The predicted molar refractivity (Wildman–Crippen MR) is 54.5 cm³/mol. The summed E-state index contributed by atoms with van der Waals surface area (Å²) in [7, 11) is 0. The highest BCUT2D eigenvalue weighted by atomic mass is 79.9. The summed E-state index contributed by atoms with van der Waals surface area (Å²) in [6, 6.07) is 0.239. The lowest BCUT2D eigenvalue weighted by molar-refractivity contribution is 0.0674. The first-order valence-corrected chi connectivity index (χ1v) is 5.40. The minimum absolute atomic E-state index is 0.152. The van der Waals surface area contributed by atoms with Crippen LogP contribution < -0.4 is 0 Å². The van der Waals surface area contributed by atoms with Crippen molar-refractivity contribution in [2.24, 2.45) is 0 Å². The van der Waals surface area contributed by atoms with Crippen molar-refractivity contribution in [1.29, 1.82) is 0 Å². The Bertz CT molecular complexity index is 386. The van der Waals surface area contributed by atoms with Gasteiger partial charge >= 0.3 is 5.97 Å². The molecule has 0 radical (unpaired) electrons. The van der Waals surface area contributed by atoms with E-state index in [9.17, 15) is 4.79 Å². The summed E-state index contributed by atoms with van der Waals surface area (Å²) in [6.45, 7) is 2.03. The van der Waals surface area contributed by atoms with Gasteiger partial charge in [-0.3, -0.25) is 0 Å². The van der Waals surface area contributed by atoms with Crippen LogP contribution in [0.4, 0.5) is 0 Å². The van der Waals surface area contributed by atoms with Crippen LogP contribution in [0, 0.1) is 0 Å². The molecular weight excluding hydrogens is 248 g/mol. The quantitative estimate of drug-likeness (QED) is 0.841. The number of carbonyl (C=O) groups is 1. The number of carboxylic acids is 1. The maximum Gasteiger partial charge on any atom is 0.372 e. The van der Waals surface area contributed by atoms with E-state index in [0.717, 1.165) is 25.0 Å². The van der Waals surface area contributed by atoms with Gasteiger partial charge in [0.15, 0.2) is 0 Å². The van der Waals surface area contributed by atoms with Crippen LogP contribution in [-0.2, 0) is 6.42 Å². The third-order valence-corrected chi connectivity index (χ3v) is 3.26. The van der Waals surface area contributed by atoms with Gasteiger partial charge in [0.2, 0.25) is 5.82 Å². The number of imidazole rings is 1. The molecule has 0 spiro atoms. The monoisotopic (exact) mass is 258 g/mol. The highest BCUT2D eigenvalue weighted by molar-refractivity contribution is 9.10. The number of hydrogen-bond acceptors (Lipinski definition) is 2. The molecule has 2 rings (SSSR count). The summed E-state index contributed by atoms with van der Waals surface area (Å²) in [6.07, 6.45) is 3.03. The van der Waals surface area contributed by atoms with Gasteiger partial charge in [0.1, 0.15) is 4.60 Å². The van der Waals surface area contributed by atoms with Crippen LogP contribution >= 0.6 is 15.9 Å². The zero-order chi connectivity index (χ0) is 10.3. The molecule has 1 unspecified atom stereocenters. The number of halogens is 1. The van der Waals surface area contributed by atoms with Crippen molar-refractivity contribution in [3.63, 3.8) is 0 Å². The van der Waals surface area contributed by atoms with Gasteiger partial charge in [0.05, 0.1) is 5.69 Å². The van der Waals surface area contributed by atoms with Crippen LogP contribution in [0.25, 0.3) is 0 Å². The number of aromatic carboxylic acids is 1. The van der Waals surface area contributed by atoms with Crippen molar-refractivity contribution in [3.8, 4) is 0 Å². The number of fused-ring (bicyclic) bond motifs is 1. The molecule has 4 nitrogen and oxygen atoms in total. The summed E-state index contributed by atoms with van der Waals surface area (Å²) in [5.41, 5.74) is 1.01. The molecule has 1 aromatic rings. The smallest absolute Gasteiger partial charge is 0.372 e. The minimum Gasteiger partial charge on any atom is -0.475 e. The second kappa shape index (κ2) is 3.38. The third-order valence-electron chi connectivity index (χ3n) is 2.63. The maximum absolute atomic E-state index is 10.9. The Balaban J connectivity index is 2.59. The summed E-state index contributed by atoms with van der Waals surface area (Å²) >= 11 is 3.30. The Kier molecular flexibility index (Phi) is 2.34. The van der Waals surface area contributed by atoms with E-state index in [2.05, 4.69) is 20.9 Å². The lowest BCUT2D eigenvalue weighted by Gasteiger charge is -2.23. The van der Waals surface area contributed by atoms with E-state index in [1.54, 1.807) is 0 Å². The number of hydrogen-bond donors (Lipinski definition) is 1. The van der Waals surface area contributed by atoms with Crippen LogP contribution in [0.15, 0.2) is 4.60 Å². The largest absolute Gasteiger partial charge is 0.475 e. The van der Waals surface area contributed by atoms with Crippen molar-refractivity contribution >= 4 is 21.9 Å². The van der Waals surface area contributed by atoms with Crippen molar-refractivity contribution in [1.82, 2.24) is 9.55 Å². The van der Waals surface area contributed by atoms with Gasteiger partial charge in [-0.1, -0.05) is 0 Å². The molecule has 0 bridgehead atoms. The Morgan fingerprint density at radius 1 is 1.71 bits per heavy atom. The molecule has 0 saturated carbocycles. The molecule has 14 heavy (non-hydrogen) atoms. The Morgan fingerprint density at radius 2 is 2.43 bits per heavy atom. The zero-order valence-corrected chi connectivity index (χ0v) is 9.41. The second-order valence-corrected chi connectivity index (χ2v) is 4.34. The lowest BCUT2D eigenvalue weighted by atomic mass is 10.0. The van der Waals surface area contributed by atoms with E-state index < -0.39 is 5.97 Å². The van der Waals surface area contributed by atoms with Gasteiger partial charge in [-0.05, 0) is 42.1 Å². The molecule has 1 aliphatic heterocycles. The first kappa shape index (κ1) is 9.71. The fourth-order valence-electron chi connectivity index (χ4n) is 1.98. The van der Waals surface area contributed by atoms with Crippen molar-refractivity contribution < 1.29 is 9.90 Å². The maximum atomic E-state index is 10.9. The van der Waals surface area contributed by atoms with Gasteiger partial charge in [-0.25, -0.2) is 9.78 Å². The van der Waals surface area contributed by atoms with Gasteiger partial charge in [0.25, 0.3) is 0 Å². The molecule has 0 fully saturated rings. The molecule has 76 valence electrons. The lowest BCUT2D eigenvalue weighted by Crippen LogP contribution is -2.19. The molecule has 0 aromatic carbocycles. The van der Waals surface area contributed by atoms with Gasteiger partial charge < -0.3 is 9.67 Å². The van der Waals surface area contributed by atoms with E-state index in [0.29, 0.717) is 4.60 Å². The van der Waals surface area contributed by atoms with Crippen LogP contribution in [0.3, 0.4) is 0 Å². The molecule has 0 saturated heterocycles. The normalized spacial score (nSPS) is 20.6. The Morgan fingerprint density at radius 3 is 3.07 bits per heavy atom. The Hall–Kier alpha value is -0.840. The van der Waals surface area contributed by atoms with Crippen molar-refractivity contribution in [2.75, 3.05) is 0 Å². The van der Waals surface area contributed by atoms with E-state index in [-0.39, 0.29) is 11.9 Å². The number of aromatic nitrogens is 2. The zero-order valence-electron chi connectivity index (χ0n) is 7.83. The second-order valence-electron chi connectivity index (χ2n) is 3.59. The molecular formula is C9H11BrN2O2. The first-order chi connectivity index (χ1) is 6.61. The molecule has 1 aromatic heterocycles. The van der Waals surface area contributed by atoms with Gasteiger partial charge in [-0.2, -0.15) is 0 Å². The molecule has 2 heterocycles. The van der Waals surface area contributed by atoms with Crippen LogP contribution in [0.5, 0.6) is 0 Å². The summed E-state index contributed by atoms with van der Waals surface area (Å²) in [5, 5.41) is 8.97. The molecule has 0 amide bonds. The van der Waals surface area contributed by atoms with Crippen molar-refractivity contribution in [3.05, 3.63) is 16.1 Å². The van der Waals surface area contributed by atoms with E-state index in [1.165, 1.54) is 0 Å². The van der Waals surface area contributed by atoms with E-state index in [1.807, 2.05) is 11.5 Å². The minimum atomic E-state index is -0.953. The summed E-state index contributed by atoms with van der Waals surface area (Å²) in [4.78, 5) is 14.9. The average Bonchev–Trinajstić information content (AvgIpc) is 2.46. The molecule has 1 N–H and O–H groups in total. The van der Waals surface area contributed by atoms with Crippen LogP contribution in [0.1, 0.15) is 42.1 Å². The topological polar surface area (TPSA) is 55.1 Å². The molecule has 1 aliphatic rings. The number of nitrogens with zero attached hydrogens (tertiary/aromatic N) is 2. The van der Waals surface area contributed by atoms with Gasteiger partial charge in [-0.15, -0.1) is 0 Å². The first-order valence-electron chi connectivity index (χ1n) is 4.61. The molecule has 1 atom stereocenters. The van der Waals surface area contributed by atoms with Gasteiger partial charge in [0, 0.05) is 6.04 Å². The van der Waals surface area contributed by atoms with E-state index >= 15 is 0 Å². The molecule has 0 aliphatic carbocycles. The summed E-state index contributed by atoms with van der Waals surface area (Å²) < 4.78 is 2.51. The SMILES string of the molecule is CC1CCCc2c(Br)nc(C(=O)O)n21. The average molecular weight is 259 g/mol. The predicted octanol–water partition coefficient (Wildman–Crippen LogP) is 2.24. The van der Waals surface area contributed by atoms with Crippen molar-refractivity contribution in [2.45, 2.75) is 32.2 Å². The fraction of sp³-hybridized carbons (Fsp3) is 0.556. The van der Waals surface area contributed by atoms with Crippen LogP contribution in [-0.4, -0.2) is 20.6 Å². The highest BCUT2D eigenvalue weighted by Gasteiger charge is 2.26.